The van der Waals surface area contributed by atoms with E-state index >= 15 is 0 Å². The predicted octanol–water partition coefficient (Wildman–Crippen LogP) is 6.17. The van der Waals surface area contributed by atoms with E-state index in [1.54, 1.807) is 18.2 Å². The molecule has 4 aromatic carbocycles. The minimum atomic E-state index is -0.446. The van der Waals surface area contributed by atoms with Gasteiger partial charge in [-0.1, -0.05) is 48.5 Å². The Balaban J connectivity index is 1.27. The van der Waals surface area contributed by atoms with Gasteiger partial charge in [-0.15, -0.1) is 0 Å². The van der Waals surface area contributed by atoms with E-state index in [9.17, 15) is 9.18 Å². The summed E-state index contributed by atoms with van der Waals surface area (Å²) in [6.07, 6.45) is 0.501. The van der Waals surface area contributed by atoms with Crippen LogP contribution in [0.15, 0.2) is 84.9 Å². The Morgan fingerprint density at radius 3 is 2.63 bits per heavy atom. The molecular weight excluding hydrogens is 483 g/mol. The molecule has 196 valence electrons. The molecule has 0 spiro atoms. The highest BCUT2D eigenvalue weighted by atomic mass is 19.1. The van der Waals surface area contributed by atoms with Crippen LogP contribution in [0.1, 0.15) is 24.9 Å². The standard InChI is InChI=1S/C31H31FN2O4/c1-21(26-10-5-8-22-7-3-4-9-27(22)26)33-18-17-25-19-34(29-12-6-11-28(32)31(29)38-25)23-13-15-24(16-14-23)37-20-30(35)36-2/h3-16,21,25,33H,17-20H2,1-2H3. The molecule has 1 N–H and O–H groups in total. The van der Waals surface area contributed by atoms with E-state index in [1.165, 1.54) is 29.5 Å². The Hall–Kier alpha value is -4.10. The van der Waals surface area contributed by atoms with Gasteiger partial charge in [0.25, 0.3) is 0 Å². The molecule has 2 unspecified atom stereocenters. The van der Waals surface area contributed by atoms with E-state index in [2.05, 4.69) is 64.3 Å². The molecule has 5 rings (SSSR count). The number of halogens is 1. The van der Waals surface area contributed by atoms with Crippen molar-refractivity contribution in [2.75, 3.05) is 31.7 Å². The number of anilines is 2. The SMILES string of the molecule is COC(=O)COc1ccc(N2CC(CCNC(C)c3cccc4ccccc34)Oc3c(F)cccc32)cc1. The minimum Gasteiger partial charge on any atom is -0.483 e. The third-order valence-corrected chi connectivity index (χ3v) is 6.85. The summed E-state index contributed by atoms with van der Waals surface area (Å²) in [4.78, 5) is 13.4. The molecular formula is C31H31FN2O4. The maximum atomic E-state index is 14.8. The van der Waals surface area contributed by atoms with E-state index in [4.69, 9.17) is 9.47 Å². The molecule has 0 bridgehead atoms. The number of ether oxygens (including phenoxy) is 3. The van der Waals surface area contributed by atoms with Crippen molar-refractivity contribution in [1.29, 1.82) is 0 Å². The quantitative estimate of drug-likeness (QED) is 0.270. The number of carbonyl (C=O) groups is 1. The zero-order chi connectivity index (χ0) is 26.5. The van der Waals surface area contributed by atoms with Crippen LogP contribution in [0.4, 0.5) is 15.8 Å². The third kappa shape index (κ3) is 5.58. The van der Waals surface area contributed by atoms with E-state index in [0.717, 1.165) is 5.69 Å². The van der Waals surface area contributed by atoms with Gasteiger partial charge in [-0.25, -0.2) is 9.18 Å². The van der Waals surface area contributed by atoms with Gasteiger partial charge < -0.3 is 24.4 Å². The van der Waals surface area contributed by atoms with Crippen molar-refractivity contribution in [3.8, 4) is 11.5 Å². The number of hydrogen-bond acceptors (Lipinski definition) is 6. The van der Waals surface area contributed by atoms with Gasteiger partial charge in [0.15, 0.2) is 18.2 Å². The number of hydrogen-bond donors (Lipinski definition) is 1. The largest absolute Gasteiger partial charge is 0.483 e. The first kappa shape index (κ1) is 25.5. The number of nitrogens with one attached hydrogen (secondary N) is 1. The second-order valence-electron chi connectivity index (χ2n) is 9.33. The van der Waals surface area contributed by atoms with E-state index < -0.39 is 5.97 Å². The molecule has 0 amide bonds. The summed E-state index contributed by atoms with van der Waals surface area (Å²) >= 11 is 0. The summed E-state index contributed by atoms with van der Waals surface area (Å²) in [5.74, 6) is -0.0166. The Morgan fingerprint density at radius 2 is 1.82 bits per heavy atom. The van der Waals surface area contributed by atoms with Crippen molar-refractivity contribution < 1.29 is 23.4 Å². The van der Waals surface area contributed by atoms with Gasteiger partial charge in [0.2, 0.25) is 0 Å². The average molecular weight is 515 g/mol. The van der Waals surface area contributed by atoms with Crippen LogP contribution in [0, 0.1) is 5.82 Å². The second kappa shape index (κ2) is 11.5. The number of nitrogens with zero attached hydrogens (tertiary/aromatic N) is 1. The monoisotopic (exact) mass is 514 g/mol. The first-order valence-electron chi connectivity index (χ1n) is 12.8. The summed E-state index contributed by atoms with van der Waals surface area (Å²) in [5.41, 5.74) is 2.81. The Morgan fingerprint density at radius 1 is 1.05 bits per heavy atom. The molecule has 1 aliphatic rings. The average Bonchev–Trinajstić information content (AvgIpc) is 2.96. The maximum absolute atomic E-state index is 14.8. The molecule has 6 nitrogen and oxygen atoms in total. The van der Waals surface area contributed by atoms with Gasteiger partial charge in [0.05, 0.1) is 19.3 Å². The predicted molar refractivity (Wildman–Crippen MR) is 147 cm³/mol. The van der Waals surface area contributed by atoms with E-state index in [-0.39, 0.29) is 30.3 Å². The van der Waals surface area contributed by atoms with Crippen molar-refractivity contribution in [2.45, 2.75) is 25.5 Å². The fourth-order valence-corrected chi connectivity index (χ4v) is 4.85. The van der Waals surface area contributed by atoms with Crippen LogP contribution in [0.25, 0.3) is 10.8 Å². The highest BCUT2D eigenvalue weighted by molar-refractivity contribution is 5.86. The lowest BCUT2D eigenvalue weighted by atomic mass is 9.99. The summed E-state index contributed by atoms with van der Waals surface area (Å²) in [5, 5.41) is 6.08. The van der Waals surface area contributed by atoms with E-state index in [0.29, 0.717) is 30.9 Å². The number of methoxy groups -OCH3 is 1. The van der Waals surface area contributed by atoms with Gasteiger partial charge in [-0.05, 0) is 72.6 Å². The fraction of sp³-hybridized carbons (Fsp3) is 0.258. The number of para-hydroxylation sites is 1. The molecule has 0 aliphatic carbocycles. The lowest BCUT2D eigenvalue weighted by molar-refractivity contribution is -0.142. The fourth-order valence-electron chi connectivity index (χ4n) is 4.85. The zero-order valence-electron chi connectivity index (χ0n) is 21.5. The third-order valence-electron chi connectivity index (χ3n) is 6.85. The number of fused-ring (bicyclic) bond motifs is 2. The van der Waals surface area contributed by atoms with Crippen LogP contribution in [0.5, 0.6) is 11.5 Å². The molecule has 7 heteroatoms. The van der Waals surface area contributed by atoms with Crippen LogP contribution >= 0.6 is 0 Å². The Bertz CT molecular complexity index is 1400. The zero-order valence-corrected chi connectivity index (χ0v) is 21.5. The Labute approximate surface area is 221 Å². The molecule has 0 saturated carbocycles. The first-order chi connectivity index (χ1) is 18.5. The van der Waals surface area contributed by atoms with Gasteiger partial charge in [0, 0.05) is 11.7 Å². The molecule has 1 aliphatic heterocycles. The smallest absolute Gasteiger partial charge is 0.343 e. The van der Waals surface area contributed by atoms with E-state index in [1.807, 2.05) is 18.2 Å². The highest BCUT2D eigenvalue weighted by Crippen LogP contribution is 2.40. The molecule has 0 fully saturated rings. The molecule has 4 aromatic rings. The number of carbonyl (C=O) groups excluding carboxylic acids is 1. The van der Waals surface area contributed by atoms with Crippen molar-refractivity contribution in [1.82, 2.24) is 5.32 Å². The minimum absolute atomic E-state index is 0.155. The van der Waals surface area contributed by atoms with Crippen LogP contribution in [-0.4, -0.2) is 38.9 Å². The van der Waals surface area contributed by atoms with Crippen molar-refractivity contribution in [2.24, 2.45) is 0 Å². The summed E-state index contributed by atoms with van der Waals surface area (Å²) in [6, 6.07) is 27.2. The van der Waals surface area contributed by atoms with Gasteiger partial charge in [-0.3, -0.25) is 0 Å². The number of esters is 1. The second-order valence-corrected chi connectivity index (χ2v) is 9.33. The Kier molecular flexibility index (Phi) is 7.75. The van der Waals surface area contributed by atoms with Crippen molar-refractivity contribution >= 4 is 28.1 Å². The summed E-state index contributed by atoms with van der Waals surface area (Å²) in [7, 11) is 1.32. The molecule has 2 atom stereocenters. The van der Waals surface area contributed by atoms with Crippen molar-refractivity contribution in [3.05, 3.63) is 96.3 Å². The maximum Gasteiger partial charge on any atom is 0.343 e. The lowest BCUT2D eigenvalue weighted by Gasteiger charge is -2.36. The molecule has 0 aromatic heterocycles. The normalized spacial score (nSPS) is 15.4. The van der Waals surface area contributed by atoms with Crippen molar-refractivity contribution in [3.63, 3.8) is 0 Å². The topological polar surface area (TPSA) is 60.0 Å². The van der Waals surface area contributed by atoms with Gasteiger partial charge >= 0.3 is 5.97 Å². The molecule has 0 saturated heterocycles. The highest BCUT2D eigenvalue weighted by Gasteiger charge is 2.29. The van der Waals surface area contributed by atoms with Gasteiger partial charge in [0.1, 0.15) is 11.9 Å². The summed E-state index contributed by atoms with van der Waals surface area (Å²) < 4.78 is 31.0. The summed E-state index contributed by atoms with van der Waals surface area (Å²) in [6.45, 7) is 3.29. The first-order valence-corrected chi connectivity index (χ1v) is 12.8. The molecule has 0 radical (unpaired) electrons. The van der Waals surface area contributed by atoms with Crippen LogP contribution in [0.2, 0.25) is 0 Å². The van der Waals surface area contributed by atoms with Crippen LogP contribution < -0.4 is 19.7 Å². The van der Waals surface area contributed by atoms with Gasteiger partial charge in [-0.2, -0.15) is 0 Å². The number of benzene rings is 4. The molecule has 1 heterocycles. The molecule has 38 heavy (non-hydrogen) atoms. The van der Waals surface area contributed by atoms with Crippen LogP contribution in [0.3, 0.4) is 0 Å². The van der Waals surface area contributed by atoms with Crippen LogP contribution in [-0.2, 0) is 9.53 Å². The lowest BCUT2D eigenvalue weighted by Crippen LogP contribution is -2.39. The number of rotatable bonds is 9.